The van der Waals surface area contributed by atoms with Gasteiger partial charge in [-0.2, -0.15) is 11.8 Å². The number of carbonyl (C=O) groups is 6. The minimum atomic E-state index is -0.990. The molecule has 3 rings (SSSR count). The highest BCUT2D eigenvalue weighted by molar-refractivity contribution is 7.98. The fourth-order valence-electron chi connectivity index (χ4n) is 5.64. The molecule has 2 aromatic rings. The number of hydrogen-bond acceptors (Lipinski definition) is 10. The van der Waals surface area contributed by atoms with Gasteiger partial charge in [-0.05, 0) is 108 Å². The summed E-state index contributed by atoms with van der Waals surface area (Å²) in [6.45, 7) is 11.3. The summed E-state index contributed by atoms with van der Waals surface area (Å²) in [5, 5.41) is 10.8. The van der Waals surface area contributed by atoms with Crippen molar-refractivity contribution in [3.63, 3.8) is 0 Å². The first-order chi connectivity index (χ1) is 26.0. The highest BCUT2D eigenvalue weighted by Gasteiger charge is 2.30. The van der Waals surface area contributed by atoms with Gasteiger partial charge in [0.1, 0.15) is 29.9 Å². The molecule has 0 spiro atoms. The van der Waals surface area contributed by atoms with E-state index in [1.165, 1.54) is 11.8 Å². The van der Waals surface area contributed by atoms with E-state index in [0.29, 0.717) is 56.6 Å². The van der Waals surface area contributed by atoms with E-state index in [4.69, 9.17) is 14.2 Å². The zero-order chi connectivity index (χ0) is 40.6. The number of esters is 1. The summed E-state index contributed by atoms with van der Waals surface area (Å²) < 4.78 is 16.3. The van der Waals surface area contributed by atoms with E-state index in [-0.39, 0.29) is 13.0 Å². The van der Waals surface area contributed by atoms with Crippen LogP contribution < -0.4 is 21.3 Å². The third-order valence-electron chi connectivity index (χ3n) is 8.25. The van der Waals surface area contributed by atoms with Gasteiger partial charge >= 0.3 is 18.2 Å². The van der Waals surface area contributed by atoms with Crippen molar-refractivity contribution >= 4 is 47.6 Å². The van der Waals surface area contributed by atoms with E-state index in [1.54, 1.807) is 58.6 Å². The van der Waals surface area contributed by atoms with Gasteiger partial charge in [0.25, 0.3) is 5.91 Å². The van der Waals surface area contributed by atoms with Gasteiger partial charge in [0.15, 0.2) is 0 Å². The molecule has 0 bridgehead atoms. The van der Waals surface area contributed by atoms with Crippen molar-refractivity contribution in [2.45, 2.75) is 110 Å². The van der Waals surface area contributed by atoms with Gasteiger partial charge in [0.05, 0.1) is 6.54 Å². The van der Waals surface area contributed by atoms with Crippen molar-refractivity contribution in [2.75, 3.05) is 31.6 Å². The van der Waals surface area contributed by atoms with Crippen LogP contribution in [0.25, 0.3) is 0 Å². The van der Waals surface area contributed by atoms with E-state index in [2.05, 4.69) is 21.3 Å². The second kappa shape index (κ2) is 21.3. The van der Waals surface area contributed by atoms with Crippen molar-refractivity contribution in [3.8, 4) is 0 Å². The lowest BCUT2D eigenvalue weighted by atomic mass is 9.94. The molecular formula is C40H57N5O9S. The summed E-state index contributed by atoms with van der Waals surface area (Å²) in [5.41, 5.74) is 1.48. The summed E-state index contributed by atoms with van der Waals surface area (Å²) in [5.74, 6) is -1.63. The van der Waals surface area contributed by atoms with Gasteiger partial charge in [-0.1, -0.05) is 42.5 Å². The van der Waals surface area contributed by atoms with Crippen LogP contribution in [-0.2, 0) is 48.2 Å². The minimum Gasteiger partial charge on any atom is -0.458 e. The second-order valence-corrected chi connectivity index (χ2v) is 16.2. The largest absolute Gasteiger partial charge is 0.458 e. The van der Waals surface area contributed by atoms with Gasteiger partial charge in [-0.25, -0.2) is 14.4 Å². The number of rotatable bonds is 17. The molecule has 0 saturated carbocycles. The van der Waals surface area contributed by atoms with E-state index in [0.717, 1.165) is 16.7 Å². The van der Waals surface area contributed by atoms with Crippen LogP contribution >= 0.6 is 11.8 Å². The molecule has 0 unspecified atom stereocenters. The Labute approximate surface area is 328 Å². The molecule has 15 heteroatoms. The van der Waals surface area contributed by atoms with Gasteiger partial charge in [-0.3, -0.25) is 14.4 Å². The Morgan fingerprint density at radius 2 is 1.53 bits per heavy atom. The normalized spacial score (nSPS) is 13.7. The number of ether oxygens (including phenoxy) is 3. The lowest BCUT2D eigenvalue weighted by Crippen LogP contribution is -2.51. The Balaban J connectivity index is 1.55. The van der Waals surface area contributed by atoms with E-state index in [1.807, 2.05) is 42.7 Å². The molecule has 1 aliphatic heterocycles. The van der Waals surface area contributed by atoms with Crippen LogP contribution in [0.4, 0.5) is 9.59 Å². The molecule has 5 amide bonds. The molecule has 0 aromatic heterocycles. The number of carbonyl (C=O) groups excluding carboxylic acids is 6. The zero-order valence-electron chi connectivity index (χ0n) is 33.1. The Morgan fingerprint density at radius 3 is 2.20 bits per heavy atom. The number of alkyl carbamates (subject to hydrolysis) is 1. The molecule has 0 fully saturated rings. The quantitative estimate of drug-likeness (QED) is 0.0982. The number of nitrogens with one attached hydrogen (secondary N) is 4. The first kappa shape index (κ1) is 44.6. The molecule has 55 heavy (non-hydrogen) atoms. The highest BCUT2D eigenvalue weighted by atomic mass is 32.2. The molecule has 0 saturated heterocycles. The maximum absolute atomic E-state index is 13.6. The lowest BCUT2D eigenvalue weighted by Gasteiger charge is -2.32. The van der Waals surface area contributed by atoms with Crippen LogP contribution in [0.15, 0.2) is 48.5 Å². The zero-order valence-corrected chi connectivity index (χ0v) is 33.9. The van der Waals surface area contributed by atoms with E-state index in [9.17, 15) is 28.8 Å². The molecule has 2 aromatic carbocycles. The van der Waals surface area contributed by atoms with Crippen LogP contribution in [0.3, 0.4) is 0 Å². The number of nitrogens with zero attached hydrogens (tertiary/aromatic N) is 1. The Bertz CT molecular complexity index is 1620. The topological polar surface area (TPSA) is 181 Å². The maximum atomic E-state index is 13.6. The lowest BCUT2D eigenvalue weighted by molar-refractivity contribution is -0.158. The van der Waals surface area contributed by atoms with Crippen molar-refractivity contribution in [3.05, 3.63) is 70.8 Å². The van der Waals surface area contributed by atoms with Crippen molar-refractivity contribution < 1.29 is 43.0 Å². The van der Waals surface area contributed by atoms with Gasteiger partial charge in [-0.15, -0.1) is 0 Å². The number of hydrogen-bond donors (Lipinski definition) is 4. The number of unbranched alkanes of at least 4 members (excludes halogenated alkanes) is 1. The second-order valence-electron chi connectivity index (χ2n) is 15.3. The number of amides is 5. The van der Waals surface area contributed by atoms with Crippen molar-refractivity contribution in [1.29, 1.82) is 0 Å². The number of fused-ring (bicyclic) bond motifs is 1. The average Bonchev–Trinajstić information content (AvgIpc) is 3.12. The Kier molecular flexibility index (Phi) is 17.3. The predicted octanol–water partition coefficient (Wildman–Crippen LogP) is 4.87. The van der Waals surface area contributed by atoms with Crippen LogP contribution in [0, 0.1) is 0 Å². The SMILES string of the molecule is CSCC[C@H](NC(=O)c1cccc2c1CCN(C(=O)OC(C)(C)C)C2)C(=O)NCC(=O)N[C@@H](CCCCNC(=O)OCc1ccccc1)C(=O)OC(C)(C)C. The Hall–Kier alpha value is -4.79. The first-order valence-corrected chi connectivity index (χ1v) is 20.0. The van der Waals surface area contributed by atoms with Crippen LogP contribution in [-0.4, -0.2) is 95.7 Å². The first-order valence-electron chi connectivity index (χ1n) is 18.6. The number of benzene rings is 2. The summed E-state index contributed by atoms with van der Waals surface area (Å²) in [6, 6.07) is 12.7. The third kappa shape index (κ3) is 16.2. The highest BCUT2D eigenvalue weighted by Crippen LogP contribution is 2.24. The smallest absolute Gasteiger partial charge is 0.410 e. The Morgan fingerprint density at radius 1 is 0.818 bits per heavy atom. The van der Waals surface area contributed by atoms with Gasteiger partial charge < -0.3 is 40.4 Å². The third-order valence-corrected chi connectivity index (χ3v) is 8.89. The molecule has 14 nitrogen and oxygen atoms in total. The van der Waals surface area contributed by atoms with Gasteiger partial charge in [0.2, 0.25) is 11.8 Å². The molecule has 2 atom stereocenters. The fourth-order valence-corrected chi connectivity index (χ4v) is 6.11. The molecule has 302 valence electrons. The van der Waals surface area contributed by atoms with Crippen LogP contribution in [0.5, 0.6) is 0 Å². The van der Waals surface area contributed by atoms with Crippen molar-refractivity contribution in [1.82, 2.24) is 26.2 Å². The minimum absolute atomic E-state index is 0.146. The molecule has 4 N–H and O–H groups in total. The average molecular weight is 784 g/mol. The molecule has 0 aliphatic carbocycles. The van der Waals surface area contributed by atoms with E-state index < -0.39 is 65.7 Å². The molecule has 1 aliphatic rings. The van der Waals surface area contributed by atoms with Gasteiger partial charge in [0, 0.05) is 25.2 Å². The monoisotopic (exact) mass is 783 g/mol. The van der Waals surface area contributed by atoms with Crippen LogP contribution in [0.1, 0.15) is 94.3 Å². The molecular weight excluding hydrogens is 727 g/mol. The van der Waals surface area contributed by atoms with E-state index >= 15 is 0 Å². The standard InChI is InChI=1S/C40H57N5O9S/c1-39(2,3)53-36(49)32(18-11-12-21-41-37(50)52-26-27-14-9-8-10-15-27)43-33(46)24-42-35(48)31(20-23-55-7)44-34(47)30-17-13-16-28-25-45(22-19-29(28)30)38(51)54-40(4,5)6/h8-10,13-17,31-32H,11-12,18-26H2,1-7H3,(H,41,50)(H,42,48)(H,43,46)(H,44,47)/t31-,32-/m0/s1. The van der Waals surface area contributed by atoms with Crippen LogP contribution in [0.2, 0.25) is 0 Å². The summed E-state index contributed by atoms with van der Waals surface area (Å²) in [4.78, 5) is 79.4. The molecule has 1 heterocycles. The summed E-state index contributed by atoms with van der Waals surface area (Å²) >= 11 is 1.51. The summed E-state index contributed by atoms with van der Waals surface area (Å²) in [7, 11) is 0. The maximum Gasteiger partial charge on any atom is 0.410 e. The predicted molar refractivity (Wildman–Crippen MR) is 210 cm³/mol. The summed E-state index contributed by atoms with van der Waals surface area (Å²) in [6.07, 6.45) is 2.88. The number of thioether (sulfide) groups is 1. The van der Waals surface area contributed by atoms with Crippen molar-refractivity contribution in [2.24, 2.45) is 0 Å². The molecule has 0 radical (unpaired) electrons. The fraction of sp³-hybridized carbons (Fsp3) is 0.550.